The number of thiol groups is 1. The Hall–Kier alpha value is -0.430. The number of amides is 1. The highest BCUT2D eigenvalue weighted by atomic mass is 127. The van der Waals surface area contributed by atoms with E-state index in [1.807, 2.05) is 4.90 Å². The molecule has 0 radical (unpaired) electrons. The number of rotatable bonds is 1. The molecule has 2 aliphatic rings. The summed E-state index contributed by atoms with van der Waals surface area (Å²) in [7, 11) is 0. The van der Waals surface area contributed by atoms with Gasteiger partial charge in [-0.15, -0.1) is 12.6 Å². The molecular weight excluding hydrogens is 371 g/mol. The maximum absolute atomic E-state index is 11.6. The fourth-order valence-electron chi connectivity index (χ4n) is 3.36. The van der Waals surface area contributed by atoms with Crippen molar-refractivity contribution in [3.63, 3.8) is 0 Å². The number of benzene rings is 1. The van der Waals surface area contributed by atoms with Crippen molar-refractivity contribution in [2.75, 3.05) is 29.1 Å². The molecule has 0 bridgehead atoms. The Morgan fingerprint density at radius 2 is 2.26 bits per heavy atom. The minimum absolute atomic E-state index is 0.116. The van der Waals surface area contributed by atoms with Gasteiger partial charge in [-0.2, -0.15) is 0 Å². The number of alkyl halides is 1. The third kappa shape index (κ3) is 2.14. The molecule has 2 heterocycles. The second-order valence-electron chi connectivity index (χ2n) is 5.49. The smallest absolute Gasteiger partial charge is 0.219 e. The lowest BCUT2D eigenvalue weighted by molar-refractivity contribution is -0.127. The van der Waals surface area contributed by atoms with Gasteiger partial charge in [0.1, 0.15) is 0 Å². The molecule has 3 nitrogen and oxygen atoms in total. The van der Waals surface area contributed by atoms with Gasteiger partial charge < -0.3 is 9.80 Å². The van der Waals surface area contributed by atoms with Crippen LogP contribution in [0.1, 0.15) is 18.9 Å². The Morgan fingerprint density at radius 3 is 2.89 bits per heavy atom. The molecule has 0 saturated carbocycles. The van der Waals surface area contributed by atoms with E-state index in [2.05, 4.69) is 58.3 Å². The van der Waals surface area contributed by atoms with Crippen LogP contribution in [0.5, 0.6) is 0 Å². The van der Waals surface area contributed by atoms with Crippen molar-refractivity contribution in [2.45, 2.75) is 23.7 Å². The lowest BCUT2D eigenvalue weighted by Crippen LogP contribution is -2.37. The summed E-state index contributed by atoms with van der Waals surface area (Å²) in [6.45, 7) is 4.41. The largest absolute Gasteiger partial charge is 0.361 e. The predicted molar refractivity (Wildman–Crippen MR) is 88.5 cm³/mol. The molecule has 1 amide bonds. The molecule has 1 atom stereocenters. The molecule has 5 heteroatoms. The van der Waals surface area contributed by atoms with Crippen LogP contribution in [0, 0.1) is 0 Å². The zero-order valence-corrected chi connectivity index (χ0v) is 13.9. The predicted octanol–water partition coefficient (Wildman–Crippen LogP) is 2.68. The van der Waals surface area contributed by atoms with Crippen molar-refractivity contribution in [2.24, 2.45) is 0 Å². The van der Waals surface area contributed by atoms with E-state index in [1.165, 1.54) is 11.3 Å². The van der Waals surface area contributed by atoms with Crippen LogP contribution in [0.4, 0.5) is 5.69 Å². The summed E-state index contributed by atoms with van der Waals surface area (Å²) in [5.41, 5.74) is 2.81. The molecule has 1 fully saturated rings. The molecule has 1 aromatic carbocycles. The summed E-state index contributed by atoms with van der Waals surface area (Å²) in [6, 6.07) is 6.41. The van der Waals surface area contributed by atoms with Crippen molar-refractivity contribution < 1.29 is 4.79 Å². The number of anilines is 1. The fourth-order valence-corrected chi connectivity index (χ4v) is 4.17. The van der Waals surface area contributed by atoms with Crippen LogP contribution >= 0.6 is 35.2 Å². The number of hydrogen-bond acceptors (Lipinski definition) is 3. The van der Waals surface area contributed by atoms with E-state index >= 15 is 0 Å². The molecule has 3 rings (SSSR count). The number of carbonyl (C=O) groups excluding carboxylic acids is 1. The average molecular weight is 388 g/mol. The van der Waals surface area contributed by atoms with Gasteiger partial charge in [-0.3, -0.25) is 4.79 Å². The number of halogens is 1. The summed E-state index contributed by atoms with van der Waals surface area (Å²) < 4.78 is 0.985. The summed E-state index contributed by atoms with van der Waals surface area (Å²) >= 11 is 6.89. The first kappa shape index (κ1) is 13.5. The van der Waals surface area contributed by atoms with Crippen LogP contribution in [-0.2, 0) is 10.2 Å². The van der Waals surface area contributed by atoms with Crippen molar-refractivity contribution in [3.05, 3.63) is 23.8 Å². The Bertz CT molecular complexity index is 536. The molecule has 1 aromatic rings. The molecule has 2 aliphatic heterocycles. The lowest BCUT2D eigenvalue weighted by atomic mass is 9.81. The average Bonchev–Trinajstić information content (AvgIpc) is 2.94. The van der Waals surface area contributed by atoms with E-state index in [1.54, 1.807) is 6.92 Å². The van der Waals surface area contributed by atoms with Crippen molar-refractivity contribution in [3.8, 4) is 0 Å². The van der Waals surface area contributed by atoms with E-state index in [-0.39, 0.29) is 11.3 Å². The Kier molecular flexibility index (Phi) is 3.45. The molecule has 0 N–H and O–H groups in total. The Labute approximate surface area is 132 Å². The summed E-state index contributed by atoms with van der Waals surface area (Å²) in [4.78, 5) is 17.0. The Morgan fingerprint density at radius 1 is 1.47 bits per heavy atom. The monoisotopic (exact) mass is 388 g/mol. The molecule has 1 spiro atoms. The SMILES string of the molecule is CC(=O)N1CCC2(C1)CN(CI)c1ccc(S)cc12. The van der Waals surface area contributed by atoms with Crippen molar-refractivity contribution >= 4 is 46.8 Å². The fraction of sp³-hybridized carbons (Fsp3) is 0.500. The minimum Gasteiger partial charge on any atom is -0.361 e. The van der Waals surface area contributed by atoms with Crippen LogP contribution in [0.3, 0.4) is 0 Å². The topological polar surface area (TPSA) is 23.6 Å². The van der Waals surface area contributed by atoms with Crippen LogP contribution in [0.25, 0.3) is 0 Å². The first-order valence-corrected chi connectivity index (χ1v) is 8.43. The van der Waals surface area contributed by atoms with Gasteiger partial charge in [0.2, 0.25) is 5.91 Å². The van der Waals surface area contributed by atoms with Gasteiger partial charge in [0.15, 0.2) is 0 Å². The van der Waals surface area contributed by atoms with Gasteiger partial charge in [0.25, 0.3) is 0 Å². The third-order valence-electron chi connectivity index (χ3n) is 4.33. The highest BCUT2D eigenvalue weighted by molar-refractivity contribution is 14.1. The second kappa shape index (κ2) is 4.84. The molecule has 1 unspecified atom stereocenters. The third-order valence-corrected chi connectivity index (χ3v) is 5.43. The zero-order chi connectivity index (χ0) is 13.6. The highest BCUT2D eigenvalue weighted by Gasteiger charge is 2.47. The summed E-state index contributed by atoms with van der Waals surface area (Å²) in [5, 5.41) is 0. The van der Waals surface area contributed by atoms with E-state index < -0.39 is 0 Å². The summed E-state index contributed by atoms with van der Waals surface area (Å²) in [5.74, 6) is 0.188. The molecule has 19 heavy (non-hydrogen) atoms. The van der Waals surface area contributed by atoms with Gasteiger partial charge in [-0.1, -0.05) is 22.6 Å². The van der Waals surface area contributed by atoms with E-state index in [0.717, 1.165) is 35.5 Å². The van der Waals surface area contributed by atoms with Crippen LogP contribution in [0.15, 0.2) is 23.1 Å². The van der Waals surface area contributed by atoms with E-state index in [0.29, 0.717) is 0 Å². The van der Waals surface area contributed by atoms with Gasteiger partial charge in [-0.25, -0.2) is 0 Å². The number of carbonyl (C=O) groups is 1. The molecule has 1 saturated heterocycles. The normalized spacial score (nSPS) is 25.2. The van der Waals surface area contributed by atoms with Gasteiger partial charge >= 0.3 is 0 Å². The number of likely N-dealkylation sites (tertiary alicyclic amines) is 1. The van der Waals surface area contributed by atoms with Crippen LogP contribution in [-0.4, -0.2) is 35.0 Å². The maximum Gasteiger partial charge on any atom is 0.219 e. The Balaban J connectivity index is 2.02. The summed E-state index contributed by atoms with van der Waals surface area (Å²) in [6.07, 6.45) is 1.06. The second-order valence-corrected chi connectivity index (χ2v) is 6.69. The quantitative estimate of drug-likeness (QED) is 0.346. The zero-order valence-electron chi connectivity index (χ0n) is 10.9. The standard InChI is InChI=1S/C14H17IN2OS/c1-10(18)16-5-4-14(7-16)8-17(9-15)13-3-2-11(19)6-12(13)14/h2-3,6,19H,4-5,7-9H2,1H3. The van der Waals surface area contributed by atoms with Crippen LogP contribution < -0.4 is 4.90 Å². The van der Waals surface area contributed by atoms with Gasteiger partial charge in [0.05, 0.1) is 4.55 Å². The molecule has 0 aliphatic carbocycles. The molecule has 0 aromatic heterocycles. The maximum atomic E-state index is 11.6. The highest BCUT2D eigenvalue weighted by Crippen LogP contribution is 2.47. The first-order chi connectivity index (χ1) is 9.05. The molecular formula is C14H17IN2OS. The molecule has 102 valence electrons. The van der Waals surface area contributed by atoms with E-state index in [4.69, 9.17) is 0 Å². The van der Waals surface area contributed by atoms with Gasteiger partial charge in [0, 0.05) is 42.6 Å². The first-order valence-electron chi connectivity index (χ1n) is 6.46. The van der Waals surface area contributed by atoms with Crippen molar-refractivity contribution in [1.82, 2.24) is 4.90 Å². The van der Waals surface area contributed by atoms with Crippen LogP contribution in [0.2, 0.25) is 0 Å². The van der Waals surface area contributed by atoms with E-state index in [9.17, 15) is 4.79 Å². The number of hydrogen-bond donors (Lipinski definition) is 1. The van der Waals surface area contributed by atoms with Gasteiger partial charge in [-0.05, 0) is 30.2 Å². The lowest BCUT2D eigenvalue weighted by Gasteiger charge is -2.25. The minimum atomic E-state index is 0.116. The van der Waals surface area contributed by atoms with Crippen molar-refractivity contribution in [1.29, 1.82) is 0 Å². The number of fused-ring (bicyclic) bond motifs is 2. The number of nitrogens with zero attached hydrogens (tertiary/aromatic N) is 2.